The number of nitrogens with two attached hydrogens (primary N) is 2. The van der Waals surface area contributed by atoms with Crippen LogP contribution in [-0.4, -0.2) is 35.3 Å². The van der Waals surface area contributed by atoms with Crippen LogP contribution in [-0.2, 0) is 9.59 Å². The highest BCUT2D eigenvalue weighted by Gasteiger charge is 2.23. The molecule has 0 fully saturated rings. The number of amides is 2. The van der Waals surface area contributed by atoms with Gasteiger partial charge in [0.15, 0.2) is 0 Å². The van der Waals surface area contributed by atoms with Gasteiger partial charge in [0.05, 0.1) is 12.5 Å². The first-order valence-electron chi connectivity index (χ1n) is 5.24. The number of primary amides is 1. The predicted octanol–water partition coefficient (Wildman–Crippen LogP) is -0.164. The second-order valence-corrected chi connectivity index (χ2v) is 3.90. The molecule has 4 N–H and O–H groups in total. The van der Waals surface area contributed by atoms with Gasteiger partial charge in [0.2, 0.25) is 11.8 Å². The summed E-state index contributed by atoms with van der Waals surface area (Å²) in [5, 5.41) is 0. The Morgan fingerprint density at radius 3 is 2.20 bits per heavy atom. The topological polar surface area (TPSA) is 89.4 Å². The van der Waals surface area contributed by atoms with Crippen LogP contribution in [0.5, 0.6) is 0 Å². The summed E-state index contributed by atoms with van der Waals surface area (Å²) in [6, 6.07) is -0.715. The molecule has 0 heterocycles. The third kappa shape index (κ3) is 4.78. The average molecular weight is 215 g/mol. The van der Waals surface area contributed by atoms with E-state index in [0.29, 0.717) is 6.54 Å². The van der Waals surface area contributed by atoms with Crippen LogP contribution in [0.3, 0.4) is 0 Å². The molecular formula is C10H21N3O2. The third-order valence-electron chi connectivity index (χ3n) is 2.11. The fourth-order valence-corrected chi connectivity index (χ4v) is 1.38. The first-order valence-corrected chi connectivity index (χ1v) is 5.24. The van der Waals surface area contributed by atoms with Crippen molar-refractivity contribution < 1.29 is 9.59 Å². The standard InChI is InChI=1S/C10H21N3O2/c1-4-5-13(7(2)3)10(15)8(11)6-9(12)14/h7-8H,4-6,11H2,1-3H3,(H2,12,14). The number of hydrogen-bond donors (Lipinski definition) is 2. The SMILES string of the molecule is CCCN(C(=O)C(N)CC(N)=O)C(C)C. The maximum Gasteiger partial charge on any atom is 0.240 e. The van der Waals surface area contributed by atoms with E-state index < -0.39 is 11.9 Å². The Kier molecular flexibility index (Phi) is 5.93. The first-order chi connectivity index (χ1) is 6.90. The normalized spacial score (nSPS) is 12.6. The van der Waals surface area contributed by atoms with Crippen molar-refractivity contribution >= 4 is 11.8 Å². The summed E-state index contributed by atoms with van der Waals surface area (Å²) in [5.74, 6) is -0.748. The maximum absolute atomic E-state index is 11.8. The highest BCUT2D eigenvalue weighted by Crippen LogP contribution is 2.04. The van der Waals surface area contributed by atoms with E-state index in [1.807, 2.05) is 20.8 Å². The van der Waals surface area contributed by atoms with Gasteiger partial charge in [0.25, 0.3) is 0 Å². The minimum atomic E-state index is -0.809. The summed E-state index contributed by atoms with van der Waals surface area (Å²) in [5.41, 5.74) is 10.6. The van der Waals surface area contributed by atoms with Gasteiger partial charge >= 0.3 is 0 Å². The Balaban J connectivity index is 4.41. The lowest BCUT2D eigenvalue weighted by molar-refractivity contribution is -0.136. The summed E-state index contributed by atoms with van der Waals surface area (Å²) in [7, 11) is 0. The van der Waals surface area contributed by atoms with E-state index >= 15 is 0 Å². The monoisotopic (exact) mass is 215 g/mol. The van der Waals surface area contributed by atoms with Gasteiger partial charge in [-0.1, -0.05) is 6.92 Å². The number of nitrogens with zero attached hydrogens (tertiary/aromatic N) is 1. The third-order valence-corrected chi connectivity index (χ3v) is 2.11. The van der Waals surface area contributed by atoms with Crippen LogP contribution in [0.4, 0.5) is 0 Å². The lowest BCUT2D eigenvalue weighted by Gasteiger charge is -2.28. The predicted molar refractivity (Wildman–Crippen MR) is 58.9 cm³/mol. The van der Waals surface area contributed by atoms with Crippen molar-refractivity contribution in [2.75, 3.05) is 6.54 Å². The van der Waals surface area contributed by atoms with Gasteiger partial charge in [-0.2, -0.15) is 0 Å². The molecule has 0 saturated carbocycles. The van der Waals surface area contributed by atoms with Gasteiger partial charge < -0.3 is 16.4 Å². The highest BCUT2D eigenvalue weighted by molar-refractivity contribution is 5.87. The zero-order valence-electron chi connectivity index (χ0n) is 9.69. The van der Waals surface area contributed by atoms with Crippen molar-refractivity contribution in [1.82, 2.24) is 4.90 Å². The largest absolute Gasteiger partial charge is 0.370 e. The lowest BCUT2D eigenvalue weighted by Crippen LogP contribution is -2.48. The van der Waals surface area contributed by atoms with E-state index in [1.54, 1.807) is 4.90 Å². The summed E-state index contributed by atoms with van der Waals surface area (Å²) >= 11 is 0. The molecule has 0 saturated heterocycles. The number of carbonyl (C=O) groups is 2. The molecule has 0 aliphatic heterocycles. The van der Waals surface area contributed by atoms with E-state index in [2.05, 4.69) is 0 Å². The molecule has 0 rings (SSSR count). The van der Waals surface area contributed by atoms with Crippen molar-refractivity contribution in [1.29, 1.82) is 0 Å². The second kappa shape index (κ2) is 6.40. The van der Waals surface area contributed by atoms with Crippen LogP contribution in [0, 0.1) is 0 Å². The zero-order chi connectivity index (χ0) is 12.0. The highest BCUT2D eigenvalue weighted by atomic mass is 16.2. The molecule has 15 heavy (non-hydrogen) atoms. The van der Waals surface area contributed by atoms with E-state index in [9.17, 15) is 9.59 Å². The van der Waals surface area contributed by atoms with Gasteiger partial charge in [-0.05, 0) is 20.3 Å². The molecule has 0 radical (unpaired) electrons. The molecule has 88 valence electrons. The minimum absolute atomic E-state index is 0.0915. The van der Waals surface area contributed by atoms with Crippen molar-refractivity contribution in [2.45, 2.75) is 45.7 Å². The maximum atomic E-state index is 11.8. The van der Waals surface area contributed by atoms with Crippen LogP contribution in [0.1, 0.15) is 33.6 Å². The Labute approximate surface area is 90.8 Å². The van der Waals surface area contributed by atoms with Crippen LogP contribution in [0.25, 0.3) is 0 Å². The van der Waals surface area contributed by atoms with Crippen LogP contribution in [0.2, 0.25) is 0 Å². The molecule has 0 aliphatic rings. The molecule has 2 amide bonds. The summed E-state index contributed by atoms with van der Waals surface area (Å²) in [4.78, 5) is 24.1. The minimum Gasteiger partial charge on any atom is -0.370 e. The second-order valence-electron chi connectivity index (χ2n) is 3.90. The smallest absolute Gasteiger partial charge is 0.240 e. The molecule has 0 aromatic rings. The molecule has 0 bridgehead atoms. The molecule has 0 spiro atoms. The Bertz CT molecular complexity index is 229. The lowest BCUT2D eigenvalue weighted by atomic mass is 10.1. The van der Waals surface area contributed by atoms with Crippen LogP contribution >= 0.6 is 0 Å². The summed E-state index contributed by atoms with van der Waals surface area (Å²) in [6.45, 7) is 6.49. The van der Waals surface area contributed by atoms with Crippen LogP contribution < -0.4 is 11.5 Å². The van der Waals surface area contributed by atoms with Gasteiger partial charge in [-0.15, -0.1) is 0 Å². The van der Waals surface area contributed by atoms with Crippen molar-refractivity contribution in [3.63, 3.8) is 0 Å². The van der Waals surface area contributed by atoms with Gasteiger partial charge in [-0.25, -0.2) is 0 Å². The van der Waals surface area contributed by atoms with Crippen molar-refractivity contribution in [2.24, 2.45) is 11.5 Å². The fourth-order valence-electron chi connectivity index (χ4n) is 1.38. The van der Waals surface area contributed by atoms with E-state index in [1.165, 1.54) is 0 Å². The van der Waals surface area contributed by atoms with E-state index in [4.69, 9.17) is 11.5 Å². The average Bonchev–Trinajstić information content (AvgIpc) is 2.11. The van der Waals surface area contributed by atoms with Crippen molar-refractivity contribution in [3.05, 3.63) is 0 Å². The van der Waals surface area contributed by atoms with Crippen LogP contribution in [0.15, 0.2) is 0 Å². The molecule has 0 aromatic carbocycles. The summed E-state index contributed by atoms with van der Waals surface area (Å²) in [6.07, 6.45) is 0.777. The quantitative estimate of drug-likeness (QED) is 0.645. The molecule has 5 heteroatoms. The Morgan fingerprint density at radius 1 is 1.33 bits per heavy atom. The molecule has 0 aromatic heterocycles. The van der Waals surface area contributed by atoms with Gasteiger partial charge in [0.1, 0.15) is 0 Å². The fraction of sp³-hybridized carbons (Fsp3) is 0.800. The number of hydrogen-bond acceptors (Lipinski definition) is 3. The Morgan fingerprint density at radius 2 is 1.87 bits per heavy atom. The van der Waals surface area contributed by atoms with Gasteiger partial charge in [-0.3, -0.25) is 9.59 Å². The van der Waals surface area contributed by atoms with Crippen molar-refractivity contribution in [3.8, 4) is 0 Å². The number of rotatable bonds is 6. The van der Waals surface area contributed by atoms with Gasteiger partial charge in [0, 0.05) is 12.6 Å². The summed E-state index contributed by atoms with van der Waals surface area (Å²) < 4.78 is 0. The number of carbonyl (C=O) groups excluding carboxylic acids is 2. The molecule has 0 aliphatic carbocycles. The Hall–Kier alpha value is -1.10. The zero-order valence-corrected chi connectivity index (χ0v) is 9.69. The van der Waals surface area contributed by atoms with E-state index in [0.717, 1.165) is 6.42 Å². The molecular weight excluding hydrogens is 194 g/mol. The molecule has 1 atom stereocenters. The molecule has 5 nitrogen and oxygen atoms in total. The first kappa shape index (κ1) is 13.9. The molecule has 1 unspecified atom stereocenters. The van der Waals surface area contributed by atoms with E-state index in [-0.39, 0.29) is 18.4 Å².